The van der Waals surface area contributed by atoms with Gasteiger partial charge in [-0.05, 0) is 50.8 Å². The molecule has 2 heteroatoms. The first-order valence-electron chi connectivity index (χ1n) is 6.63. The molecule has 1 aromatic rings. The summed E-state index contributed by atoms with van der Waals surface area (Å²) in [6.07, 6.45) is 5.67. The van der Waals surface area contributed by atoms with Crippen LogP contribution in [0.25, 0.3) is 0 Å². The Morgan fingerprint density at radius 2 is 1.95 bits per heavy atom. The van der Waals surface area contributed by atoms with E-state index in [4.69, 9.17) is 0 Å². The average molecular weight is 260 g/mol. The zero-order chi connectivity index (χ0) is 15.1. The molecule has 0 aliphatic heterocycles. The second kappa shape index (κ2) is 14.2. The number of aliphatic imine (C=N–C) groups is 1. The topological polar surface area (TPSA) is 24.4 Å². The van der Waals surface area contributed by atoms with Crippen LogP contribution in [0, 0.1) is 6.92 Å². The molecule has 1 N–H and O–H groups in total. The van der Waals surface area contributed by atoms with Crippen LogP contribution in [0.3, 0.4) is 0 Å². The van der Waals surface area contributed by atoms with Crippen molar-refractivity contribution in [1.82, 2.24) is 0 Å². The van der Waals surface area contributed by atoms with E-state index >= 15 is 0 Å². The predicted molar refractivity (Wildman–Crippen MR) is 90.2 cm³/mol. The lowest BCUT2D eigenvalue weighted by atomic mass is 10.2. The molecule has 0 saturated heterocycles. The van der Waals surface area contributed by atoms with Crippen molar-refractivity contribution in [2.75, 3.05) is 12.4 Å². The normalized spacial score (nSPS) is 9.89. The number of aryl methyl sites for hydroxylation is 1. The van der Waals surface area contributed by atoms with Gasteiger partial charge in [0.2, 0.25) is 0 Å². The minimum atomic E-state index is 1.13. The standard InChI is InChI=1S/C8H11N.C7H11N.C2H6/c1-7-4-3-5-8(6-7)9-2;1-4-5-7(2)6-8-3;1-2/h3-6,9H,1-2H3;4-6H,3H2,1-2H3;1-2H3/b;5-4-,7-6-;. The smallest absolute Gasteiger partial charge is 0.0340 e. The van der Waals surface area contributed by atoms with Crippen molar-refractivity contribution in [2.45, 2.75) is 34.6 Å². The Morgan fingerprint density at radius 3 is 2.32 bits per heavy atom. The van der Waals surface area contributed by atoms with E-state index in [-0.39, 0.29) is 0 Å². The summed E-state index contributed by atoms with van der Waals surface area (Å²) in [5, 5.41) is 3.07. The number of nitrogens with zero attached hydrogens (tertiary/aromatic N) is 1. The summed E-state index contributed by atoms with van der Waals surface area (Å²) >= 11 is 0. The fraction of sp³-hybridized carbons (Fsp3) is 0.353. The van der Waals surface area contributed by atoms with Crippen LogP contribution in [-0.4, -0.2) is 13.8 Å². The molecule has 0 unspecified atom stereocenters. The van der Waals surface area contributed by atoms with Gasteiger partial charge in [-0.2, -0.15) is 0 Å². The molecule has 19 heavy (non-hydrogen) atoms. The van der Waals surface area contributed by atoms with Gasteiger partial charge in [0.1, 0.15) is 0 Å². The zero-order valence-corrected chi connectivity index (χ0v) is 13.2. The van der Waals surface area contributed by atoms with Crippen LogP contribution in [0.2, 0.25) is 0 Å². The lowest BCUT2D eigenvalue weighted by molar-refractivity contribution is 1.43. The van der Waals surface area contributed by atoms with Crippen LogP contribution in [0.15, 0.2) is 53.2 Å². The number of hydrogen-bond donors (Lipinski definition) is 1. The first-order valence-corrected chi connectivity index (χ1v) is 6.63. The predicted octanol–water partition coefficient (Wildman–Crippen LogP) is 5.23. The summed E-state index contributed by atoms with van der Waals surface area (Å²) < 4.78 is 0. The van der Waals surface area contributed by atoms with Gasteiger partial charge in [-0.15, -0.1) is 0 Å². The Labute approximate surface area is 119 Å². The molecule has 1 aromatic carbocycles. The van der Waals surface area contributed by atoms with Gasteiger partial charge in [-0.1, -0.05) is 38.1 Å². The van der Waals surface area contributed by atoms with E-state index in [9.17, 15) is 0 Å². The summed E-state index contributed by atoms with van der Waals surface area (Å²) in [4.78, 5) is 3.59. The Kier molecular flexibility index (Phi) is 14.6. The van der Waals surface area contributed by atoms with Gasteiger partial charge in [0.15, 0.2) is 0 Å². The van der Waals surface area contributed by atoms with Crippen molar-refractivity contribution in [2.24, 2.45) is 4.99 Å². The Balaban J connectivity index is 0. The molecule has 1 rings (SSSR count). The molecule has 0 radical (unpaired) electrons. The van der Waals surface area contributed by atoms with E-state index in [0.29, 0.717) is 0 Å². The molecule has 0 spiro atoms. The summed E-state index contributed by atoms with van der Waals surface area (Å²) in [7, 11) is 1.93. The van der Waals surface area contributed by atoms with E-state index in [1.54, 1.807) is 6.20 Å². The van der Waals surface area contributed by atoms with Crippen molar-refractivity contribution >= 4 is 12.4 Å². The lowest BCUT2D eigenvalue weighted by Crippen LogP contribution is -1.86. The number of nitrogens with one attached hydrogen (secondary N) is 1. The fourth-order valence-electron chi connectivity index (χ4n) is 1.25. The van der Waals surface area contributed by atoms with Crippen molar-refractivity contribution in [3.63, 3.8) is 0 Å². The minimum Gasteiger partial charge on any atom is -0.388 e. The van der Waals surface area contributed by atoms with Crippen LogP contribution in [0.4, 0.5) is 5.69 Å². The molecule has 2 nitrogen and oxygen atoms in total. The Morgan fingerprint density at radius 1 is 1.32 bits per heavy atom. The molecular formula is C17H28N2. The molecule has 0 fully saturated rings. The third-order valence-electron chi connectivity index (χ3n) is 2.03. The Hall–Kier alpha value is -1.83. The van der Waals surface area contributed by atoms with Gasteiger partial charge < -0.3 is 5.32 Å². The van der Waals surface area contributed by atoms with Gasteiger partial charge in [-0.3, -0.25) is 4.99 Å². The number of rotatable bonds is 3. The van der Waals surface area contributed by atoms with Crippen LogP contribution in [0.5, 0.6) is 0 Å². The van der Waals surface area contributed by atoms with E-state index in [1.807, 2.05) is 59.0 Å². The van der Waals surface area contributed by atoms with E-state index < -0.39 is 0 Å². The molecule has 0 atom stereocenters. The molecule has 0 aromatic heterocycles. The Bertz CT molecular complexity index is 390. The summed E-state index contributed by atoms with van der Waals surface area (Å²) in [6.45, 7) is 13.4. The van der Waals surface area contributed by atoms with Gasteiger partial charge in [0.05, 0.1) is 0 Å². The average Bonchev–Trinajstić information content (AvgIpc) is 2.42. The molecule has 0 saturated carbocycles. The fourth-order valence-corrected chi connectivity index (χ4v) is 1.25. The number of hydrogen-bond acceptors (Lipinski definition) is 2. The molecule has 0 heterocycles. The highest BCUT2D eigenvalue weighted by molar-refractivity contribution is 5.44. The van der Waals surface area contributed by atoms with E-state index in [1.165, 1.54) is 11.3 Å². The highest BCUT2D eigenvalue weighted by atomic mass is 14.8. The molecule has 0 aliphatic carbocycles. The van der Waals surface area contributed by atoms with Crippen LogP contribution in [0.1, 0.15) is 33.3 Å². The maximum absolute atomic E-state index is 3.59. The van der Waals surface area contributed by atoms with Crippen LogP contribution >= 0.6 is 0 Å². The number of benzene rings is 1. The van der Waals surface area contributed by atoms with Gasteiger partial charge in [-0.25, -0.2) is 0 Å². The largest absolute Gasteiger partial charge is 0.388 e. The number of allylic oxidation sites excluding steroid dienone is 3. The lowest BCUT2D eigenvalue weighted by Gasteiger charge is -1.98. The summed E-state index contributed by atoms with van der Waals surface area (Å²) in [6, 6.07) is 8.29. The number of anilines is 1. The minimum absolute atomic E-state index is 1.13. The molecule has 0 amide bonds. The maximum Gasteiger partial charge on any atom is 0.0340 e. The van der Waals surface area contributed by atoms with E-state index in [0.717, 1.165) is 5.57 Å². The summed E-state index contributed by atoms with van der Waals surface area (Å²) in [5.74, 6) is 0. The highest BCUT2D eigenvalue weighted by Gasteiger charge is 1.84. The molecule has 0 aliphatic rings. The van der Waals surface area contributed by atoms with E-state index in [2.05, 4.69) is 36.1 Å². The zero-order valence-electron chi connectivity index (χ0n) is 13.2. The monoisotopic (exact) mass is 260 g/mol. The first kappa shape index (κ1) is 19.5. The first-order chi connectivity index (χ1) is 9.13. The van der Waals surface area contributed by atoms with Crippen LogP contribution < -0.4 is 5.32 Å². The summed E-state index contributed by atoms with van der Waals surface area (Å²) in [5.41, 5.74) is 3.60. The molecule has 106 valence electrons. The molecule has 0 bridgehead atoms. The molecular weight excluding hydrogens is 232 g/mol. The third-order valence-corrected chi connectivity index (χ3v) is 2.03. The van der Waals surface area contributed by atoms with Crippen molar-refractivity contribution in [1.29, 1.82) is 0 Å². The highest BCUT2D eigenvalue weighted by Crippen LogP contribution is 2.07. The second-order valence-electron chi connectivity index (χ2n) is 3.68. The maximum atomic E-state index is 3.59. The van der Waals surface area contributed by atoms with Crippen molar-refractivity contribution in [3.05, 3.63) is 53.8 Å². The van der Waals surface area contributed by atoms with Crippen molar-refractivity contribution in [3.8, 4) is 0 Å². The quantitative estimate of drug-likeness (QED) is 0.584. The second-order valence-corrected chi connectivity index (χ2v) is 3.68. The van der Waals surface area contributed by atoms with Gasteiger partial charge >= 0.3 is 0 Å². The van der Waals surface area contributed by atoms with Gasteiger partial charge in [0, 0.05) is 18.9 Å². The van der Waals surface area contributed by atoms with Gasteiger partial charge in [0.25, 0.3) is 0 Å². The van der Waals surface area contributed by atoms with Crippen LogP contribution in [-0.2, 0) is 0 Å². The SMILES string of the molecule is C=N/C=C(C)\C=C/C.CC.CNc1cccc(C)c1. The van der Waals surface area contributed by atoms with Crippen molar-refractivity contribution < 1.29 is 0 Å². The third kappa shape index (κ3) is 12.4.